The molecule has 1 saturated heterocycles. The number of rotatable bonds is 10. The molecule has 0 bridgehead atoms. The molecule has 1 aliphatic heterocycles. The molecule has 1 atom stereocenters. The minimum Gasteiger partial charge on any atom is -0.489 e. The van der Waals surface area contributed by atoms with Gasteiger partial charge in [-0.3, -0.25) is 19.6 Å². The zero-order valence-corrected chi connectivity index (χ0v) is 19.1. The van der Waals surface area contributed by atoms with E-state index in [1.807, 2.05) is 12.1 Å². The van der Waals surface area contributed by atoms with E-state index in [1.165, 1.54) is 31.3 Å². The van der Waals surface area contributed by atoms with Crippen LogP contribution >= 0.6 is 11.8 Å². The standard InChI is InChI=1S/C22H26N4O6S/c1-30-22(29)17-8-18(11-24-10-17)32-13-19-12-26(6-7-31-19)21(28)15-33-14-20(27)25-9-16-2-4-23-5-3-16/h2-5,8,10-11,19H,6-7,9,12-15H2,1H3,(H,25,27). The van der Waals surface area contributed by atoms with E-state index in [0.29, 0.717) is 37.6 Å². The van der Waals surface area contributed by atoms with E-state index in [1.54, 1.807) is 23.4 Å². The molecule has 0 spiro atoms. The van der Waals surface area contributed by atoms with Crippen LogP contribution in [0.4, 0.5) is 0 Å². The number of pyridine rings is 2. The summed E-state index contributed by atoms with van der Waals surface area (Å²) in [5.74, 6) is 0.157. The van der Waals surface area contributed by atoms with Gasteiger partial charge in [-0.2, -0.15) is 0 Å². The molecular weight excluding hydrogens is 448 g/mol. The summed E-state index contributed by atoms with van der Waals surface area (Å²) in [5.41, 5.74) is 1.26. The zero-order valence-electron chi connectivity index (χ0n) is 18.3. The molecule has 1 N–H and O–H groups in total. The van der Waals surface area contributed by atoms with Gasteiger partial charge in [-0.1, -0.05) is 0 Å². The van der Waals surface area contributed by atoms with Crippen molar-refractivity contribution in [1.29, 1.82) is 0 Å². The smallest absolute Gasteiger partial charge is 0.339 e. The van der Waals surface area contributed by atoms with Gasteiger partial charge in [0.25, 0.3) is 0 Å². The fourth-order valence-electron chi connectivity index (χ4n) is 3.04. The Morgan fingerprint density at radius 1 is 1.21 bits per heavy atom. The average molecular weight is 475 g/mol. The predicted octanol–water partition coefficient (Wildman–Crippen LogP) is 0.919. The number of carbonyl (C=O) groups is 3. The summed E-state index contributed by atoms with van der Waals surface area (Å²) in [6.07, 6.45) is 5.93. The number of nitrogens with one attached hydrogen (secondary N) is 1. The van der Waals surface area contributed by atoms with Crippen LogP contribution in [0.1, 0.15) is 15.9 Å². The van der Waals surface area contributed by atoms with Gasteiger partial charge in [0.2, 0.25) is 11.8 Å². The highest BCUT2D eigenvalue weighted by molar-refractivity contribution is 8.00. The SMILES string of the molecule is COC(=O)c1cncc(OCC2CN(C(=O)CSCC(=O)NCc3ccncc3)CCO2)c1. The fraction of sp³-hybridized carbons (Fsp3) is 0.409. The van der Waals surface area contributed by atoms with Crippen molar-refractivity contribution in [2.24, 2.45) is 0 Å². The van der Waals surface area contributed by atoms with Crippen LogP contribution in [0.25, 0.3) is 0 Å². The topological polar surface area (TPSA) is 120 Å². The second-order valence-electron chi connectivity index (χ2n) is 7.17. The Bertz CT molecular complexity index is 945. The van der Waals surface area contributed by atoms with Gasteiger partial charge in [0, 0.05) is 31.7 Å². The Hall–Kier alpha value is -3.18. The van der Waals surface area contributed by atoms with E-state index < -0.39 is 5.97 Å². The molecule has 11 heteroatoms. The molecule has 2 aromatic heterocycles. The summed E-state index contributed by atoms with van der Waals surface area (Å²) >= 11 is 1.28. The molecule has 1 fully saturated rings. The number of aromatic nitrogens is 2. The van der Waals surface area contributed by atoms with E-state index in [9.17, 15) is 14.4 Å². The van der Waals surface area contributed by atoms with Gasteiger partial charge in [-0.15, -0.1) is 11.8 Å². The van der Waals surface area contributed by atoms with E-state index >= 15 is 0 Å². The Kier molecular flexibility index (Phi) is 9.45. The minimum atomic E-state index is -0.498. The first kappa shape index (κ1) is 24.5. The molecule has 3 heterocycles. The van der Waals surface area contributed by atoms with Crippen molar-refractivity contribution >= 4 is 29.5 Å². The minimum absolute atomic E-state index is 0.0513. The van der Waals surface area contributed by atoms with Crippen LogP contribution in [0.15, 0.2) is 43.0 Å². The normalized spacial score (nSPS) is 15.5. The van der Waals surface area contributed by atoms with Gasteiger partial charge in [0.15, 0.2) is 0 Å². The first-order valence-corrected chi connectivity index (χ1v) is 11.5. The lowest BCUT2D eigenvalue weighted by molar-refractivity contribution is -0.137. The molecule has 0 saturated carbocycles. The Balaban J connectivity index is 1.36. The summed E-state index contributed by atoms with van der Waals surface area (Å²) in [5, 5.41) is 2.82. The highest BCUT2D eigenvalue weighted by Crippen LogP contribution is 2.15. The first-order chi connectivity index (χ1) is 16.0. The van der Waals surface area contributed by atoms with Gasteiger partial charge in [0.05, 0.1) is 43.5 Å². The zero-order chi connectivity index (χ0) is 23.5. The molecule has 10 nitrogen and oxygen atoms in total. The van der Waals surface area contributed by atoms with Crippen molar-refractivity contribution in [1.82, 2.24) is 20.2 Å². The van der Waals surface area contributed by atoms with Crippen LogP contribution in [0.5, 0.6) is 5.75 Å². The van der Waals surface area contributed by atoms with Crippen molar-refractivity contribution in [3.63, 3.8) is 0 Å². The molecule has 0 aliphatic carbocycles. The van der Waals surface area contributed by atoms with E-state index in [0.717, 1.165) is 5.56 Å². The Labute approximate surface area is 196 Å². The highest BCUT2D eigenvalue weighted by atomic mass is 32.2. The molecule has 1 unspecified atom stereocenters. The van der Waals surface area contributed by atoms with Crippen molar-refractivity contribution in [3.8, 4) is 5.75 Å². The number of amides is 2. The molecule has 2 amide bonds. The number of hydrogen-bond donors (Lipinski definition) is 1. The molecule has 176 valence electrons. The largest absolute Gasteiger partial charge is 0.489 e. The number of hydrogen-bond acceptors (Lipinski definition) is 9. The third-order valence-electron chi connectivity index (χ3n) is 4.76. The lowest BCUT2D eigenvalue weighted by Gasteiger charge is -2.32. The molecule has 2 aromatic rings. The number of methoxy groups -OCH3 is 1. The third-order valence-corrected chi connectivity index (χ3v) is 5.68. The monoisotopic (exact) mass is 474 g/mol. The van der Waals surface area contributed by atoms with E-state index in [-0.39, 0.29) is 36.0 Å². The average Bonchev–Trinajstić information content (AvgIpc) is 2.86. The first-order valence-electron chi connectivity index (χ1n) is 10.3. The van der Waals surface area contributed by atoms with Gasteiger partial charge >= 0.3 is 5.97 Å². The molecular formula is C22H26N4O6S. The van der Waals surface area contributed by atoms with Crippen LogP contribution in [-0.2, 0) is 25.6 Å². The van der Waals surface area contributed by atoms with Crippen molar-refractivity contribution < 1.29 is 28.6 Å². The lowest BCUT2D eigenvalue weighted by atomic mass is 10.2. The van der Waals surface area contributed by atoms with Crippen LogP contribution in [-0.4, -0.2) is 83.7 Å². The maximum Gasteiger partial charge on any atom is 0.339 e. The van der Waals surface area contributed by atoms with Crippen LogP contribution in [0.2, 0.25) is 0 Å². The fourth-order valence-corrected chi connectivity index (χ4v) is 3.78. The van der Waals surface area contributed by atoms with Crippen LogP contribution in [0.3, 0.4) is 0 Å². The summed E-state index contributed by atoms with van der Waals surface area (Å²) in [4.78, 5) is 45.7. The summed E-state index contributed by atoms with van der Waals surface area (Å²) in [6, 6.07) is 5.21. The van der Waals surface area contributed by atoms with E-state index in [2.05, 4.69) is 20.0 Å². The van der Waals surface area contributed by atoms with Gasteiger partial charge in [-0.25, -0.2) is 4.79 Å². The molecule has 33 heavy (non-hydrogen) atoms. The van der Waals surface area contributed by atoms with Crippen LogP contribution in [0, 0.1) is 0 Å². The summed E-state index contributed by atoms with van der Waals surface area (Å²) in [7, 11) is 1.30. The number of thioether (sulfide) groups is 1. The Morgan fingerprint density at radius 3 is 2.82 bits per heavy atom. The number of esters is 1. The van der Waals surface area contributed by atoms with E-state index in [4.69, 9.17) is 9.47 Å². The summed E-state index contributed by atoms with van der Waals surface area (Å²) < 4.78 is 16.1. The second-order valence-corrected chi connectivity index (χ2v) is 8.16. The van der Waals surface area contributed by atoms with Gasteiger partial charge < -0.3 is 24.4 Å². The summed E-state index contributed by atoms with van der Waals surface area (Å²) in [6.45, 7) is 1.91. The van der Waals surface area contributed by atoms with Gasteiger partial charge in [0.1, 0.15) is 18.5 Å². The highest BCUT2D eigenvalue weighted by Gasteiger charge is 2.25. The second kappa shape index (κ2) is 12.8. The molecule has 3 rings (SSSR count). The number of nitrogens with zero attached hydrogens (tertiary/aromatic N) is 3. The number of carbonyl (C=O) groups excluding carboxylic acids is 3. The quantitative estimate of drug-likeness (QED) is 0.501. The van der Waals surface area contributed by atoms with Crippen LogP contribution < -0.4 is 10.1 Å². The Morgan fingerprint density at radius 2 is 2.03 bits per heavy atom. The van der Waals surface area contributed by atoms with Gasteiger partial charge in [-0.05, 0) is 23.8 Å². The van der Waals surface area contributed by atoms with Crippen molar-refractivity contribution in [2.75, 3.05) is 44.9 Å². The lowest BCUT2D eigenvalue weighted by Crippen LogP contribution is -2.48. The molecule has 0 radical (unpaired) electrons. The molecule has 1 aliphatic rings. The van der Waals surface area contributed by atoms with Crippen molar-refractivity contribution in [2.45, 2.75) is 12.6 Å². The maximum absolute atomic E-state index is 12.5. The third kappa shape index (κ3) is 8.03. The number of ether oxygens (including phenoxy) is 3. The molecule has 0 aromatic carbocycles. The predicted molar refractivity (Wildman–Crippen MR) is 121 cm³/mol. The maximum atomic E-state index is 12.5. The van der Waals surface area contributed by atoms with Crippen molar-refractivity contribution in [3.05, 3.63) is 54.1 Å². The number of morpholine rings is 1.